The van der Waals surface area contributed by atoms with Crippen LogP contribution in [0.5, 0.6) is 0 Å². The predicted molar refractivity (Wildman–Crippen MR) is 47.3 cm³/mol. The lowest BCUT2D eigenvalue weighted by atomic mass is 9.63. The van der Waals surface area contributed by atoms with E-state index in [0.29, 0.717) is 5.41 Å². The van der Waals surface area contributed by atoms with Gasteiger partial charge in [-0.3, -0.25) is 0 Å². The first-order chi connectivity index (χ1) is 5.37. The van der Waals surface area contributed by atoms with Gasteiger partial charge >= 0.3 is 0 Å². The SMILES string of the molecule is NC/C=C1/CCC12CCCC2. The van der Waals surface area contributed by atoms with Crippen LogP contribution in [0.15, 0.2) is 11.6 Å². The fourth-order valence-electron chi connectivity index (χ4n) is 2.71. The van der Waals surface area contributed by atoms with Crippen LogP contribution >= 0.6 is 0 Å². The van der Waals surface area contributed by atoms with E-state index in [0.717, 1.165) is 6.54 Å². The number of hydrogen-bond donors (Lipinski definition) is 1. The Kier molecular flexibility index (Phi) is 1.76. The zero-order chi connectivity index (χ0) is 7.73. The fourth-order valence-corrected chi connectivity index (χ4v) is 2.71. The maximum absolute atomic E-state index is 5.51. The molecule has 11 heavy (non-hydrogen) atoms. The Bertz CT molecular complexity index is 175. The van der Waals surface area contributed by atoms with Crippen molar-refractivity contribution in [2.24, 2.45) is 11.1 Å². The molecule has 62 valence electrons. The van der Waals surface area contributed by atoms with E-state index in [2.05, 4.69) is 6.08 Å². The highest BCUT2D eigenvalue weighted by molar-refractivity contribution is 5.25. The molecule has 1 heteroatoms. The standard InChI is InChI=1S/C10H17N/c11-8-4-9-3-7-10(9)5-1-2-6-10/h4H,1-3,5-8,11H2/b9-4-. The van der Waals surface area contributed by atoms with Gasteiger partial charge < -0.3 is 5.73 Å². The molecule has 2 N–H and O–H groups in total. The average molecular weight is 151 g/mol. The van der Waals surface area contributed by atoms with E-state index in [1.165, 1.54) is 38.5 Å². The summed E-state index contributed by atoms with van der Waals surface area (Å²) in [6.07, 6.45) is 10.8. The van der Waals surface area contributed by atoms with Gasteiger partial charge in [-0.25, -0.2) is 0 Å². The summed E-state index contributed by atoms with van der Waals surface area (Å²) in [6.45, 7) is 0.747. The number of allylic oxidation sites excluding steroid dienone is 1. The molecule has 1 nitrogen and oxygen atoms in total. The highest BCUT2D eigenvalue weighted by Crippen LogP contribution is 2.56. The third-order valence-electron chi connectivity index (χ3n) is 3.48. The Morgan fingerprint density at radius 3 is 2.45 bits per heavy atom. The molecule has 0 radical (unpaired) electrons. The van der Waals surface area contributed by atoms with Crippen LogP contribution in [0.25, 0.3) is 0 Å². The molecule has 0 saturated heterocycles. The van der Waals surface area contributed by atoms with Crippen molar-refractivity contribution < 1.29 is 0 Å². The first-order valence-corrected chi connectivity index (χ1v) is 4.77. The average Bonchev–Trinajstić information content (AvgIpc) is 2.48. The lowest BCUT2D eigenvalue weighted by Gasteiger charge is -2.42. The van der Waals surface area contributed by atoms with E-state index in [-0.39, 0.29) is 0 Å². The van der Waals surface area contributed by atoms with Crippen LogP contribution < -0.4 is 5.73 Å². The Morgan fingerprint density at radius 2 is 2.00 bits per heavy atom. The molecule has 0 amide bonds. The second-order valence-electron chi connectivity index (χ2n) is 3.95. The lowest BCUT2D eigenvalue weighted by Crippen LogP contribution is -2.29. The van der Waals surface area contributed by atoms with Crippen LogP contribution in [0.1, 0.15) is 38.5 Å². The minimum atomic E-state index is 0.666. The highest BCUT2D eigenvalue weighted by Gasteiger charge is 2.43. The number of rotatable bonds is 1. The molecule has 2 saturated carbocycles. The molecule has 1 spiro atoms. The molecular formula is C10H17N. The van der Waals surface area contributed by atoms with Crippen molar-refractivity contribution in [1.29, 1.82) is 0 Å². The molecule has 0 aliphatic heterocycles. The van der Waals surface area contributed by atoms with Crippen molar-refractivity contribution in [2.45, 2.75) is 38.5 Å². The lowest BCUT2D eigenvalue weighted by molar-refractivity contribution is 0.247. The Balaban J connectivity index is 2.09. The van der Waals surface area contributed by atoms with Crippen LogP contribution in [-0.4, -0.2) is 6.54 Å². The van der Waals surface area contributed by atoms with Crippen LogP contribution in [0, 0.1) is 5.41 Å². The van der Waals surface area contributed by atoms with E-state index < -0.39 is 0 Å². The zero-order valence-corrected chi connectivity index (χ0v) is 7.10. The van der Waals surface area contributed by atoms with Crippen LogP contribution in [-0.2, 0) is 0 Å². The summed E-state index contributed by atoms with van der Waals surface area (Å²) in [5.74, 6) is 0. The van der Waals surface area contributed by atoms with Gasteiger partial charge in [-0.15, -0.1) is 0 Å². The van der Waals surface area contributed by atoms with E-state index >= 15 is 0 Å². The summed E-state index contributed by atoms with van der Waals surface area (Å²) >= 11 is 0. The molecule has 0 unspecified atom stereocenters. The molecule has 0 heterocycles. The molecule has 0 aromatic carbocycles. The molecule has 0 atom stereocenters. The van der Waals surface area contributed by atoms with Gasteiger partial charge in [0.05, 0.1) is 0 Å². The third-order valence-corrected chi connectivity index (χ3v) is 3.48. The minimum absolute atomic E-state index is 0.666. The highest BCUT2D eigenvalue weighted by atomic mass is 14.5. The molecule has 2 rings (SSSR count). The van der Waals surface area contributed by atoms with Gasteiger partial charge in [0.25, 0.3) is 0 Å². The Labute approximate surface area is 68.7 Å². The predicted octanol–water partition coefficient (Wildman–Crippen LogP) is 2.23. The maximum atomic E-state index is 5.51. The summed E-state index contributed by atoms with van der Waals surface area (Å²) in [4.78, 5) is 0. The normalized spacial score (nSPS) is 31.2. The molecule has 0 bridgehead atoms. The third kappa shape index (κ3) is 1.02. The first kappa shape index (κ1) is 7.35. The fraction of sp³-hybridized carbons (Fsp3) is 0.800. The van der Waals surface area contributed by atoms with Gasteiger partial charge in [-0.2, -0.15) is 0 Å². The molecule has 2 fully saturated rings. The van der Waals surface area contributed by atoms with Gasteiger partial charge in [0.2, 0.25) is 0 Å². The zero-order valence-electron chi connectivity index (χ0n) is 7.10. The van der Waals surface area contributed by atoms with Crippen LogP contribution in [0.4, 0.5) is 0 Å². The van der Waals surface area contributed by atoms with E-state index in [1.807, 2.05) is 0 Å². The molecule has 0 aromatic heterocycles. The number of hydrogen-bond acceptors (Lipinski definition) is 1. The summed E-state index contributed by atoms with van der Waals surface area (Å²) in [5, 5.41) is 0. The quantitative estimate of drug-likeness (QED) is 0.571. The van der Waals surface area contributed by atoms with Crippen molar-refractivity contribution in [3.8, 4) is 0 Å². The monoisotopic (exact) mass is 151 g/mol. The van der Waals surface area contributed by atoms with Gasteiger partial charge in [0.15, 0.2) is 0 Å². The summed E-state index contributed by atoms with van der Waals surface area (Å²) in [5.41, 5.74) is 7.86. The van der Waals surface area contributed by atoms with E-state index in [1.54, 1.807) is 5.57 Å². The van der Waals surface area contributed by atoms with Crippen molar-refractivity contribution in [1.82, 2.24) is 0 Å². The van der Waals surface area contributed by atoms with Crippen molar-refractivity contribution in [3.63, 3.8) is 0 Å². The van der Waals surface area contributed by atoms with Gasteiger partial charge in [0.1, 0.15) is 0 Å². The van der Waals surface area contributed by atoms with E-state index in [4.69, 9.17) is 5.73 Å². The van der Waals surface area contributed by atoms with Gasteiger partial charge in [-0.05, 0) is 31.1 Å². The van der Waals surface area contributed by atoms with Gasteiger partial charge in [0, 0.05) is 6.54 Å². The molecular weight excluding hydrogens is 134 g/mol. The van der Waals surface area contributed by atoms with E-state index in [9.17, 15) is 0 Å². The maximum Gasteiger partial charge on any atom is 0.0109 e. The molecule has 0 aromatic rings. The summed E-state index contributed by atoms with van der Waals surface area (Å²) in [7, 11) is 0. The van der Waals surface area contributed by atoms with Crippen molar-refractivity contribution >= 4 is 0 Å². The molecule has 2 aliphatic carbocycles. The largest absolute Gasteiger partial charge is 0.327 e. The second kappa shape index (κ2) is 2.63. The first-order valence-electron chi connectivity index (χ1n) is 4.77. The Hall–Kier alpha value is -0.300. The minimum Gasteiger partial charge on any atom is -0.327 e. The van der Waals surface area contributed by atoms with Crippen LogP contribution in [0.2, 0.25) is 0 Å². The molecule has 2 aliphatic rings. The smallest absolute Gasteiger partial charge is 0.0109 e. The Morgan fingerprint density at radius 1 is 1.27 bits per heavy atom. The van der Waals surface area contributed by atoms with Crippen molar-refractivity contribution in [2.75, 3.05) is 6.54 Å². The second-order valence-corrected chi connectivity index (χ2v) is 3.95. The van der Waals surface area contributed by atoms with Crippen molar-refractivity contribution in [3.05, 3.63) is 11.6 Å². The van der Waals surface area contributed by atoms with Gasteiger partial charge in [-0.1, -0.05) is 24.5 Å². The van der Waals surface area contributed by atoms with Crippen LogP contribution in [0.3, 0.4) is 0 Å². The topological polar surface area (TPSA) is 26.0 Å². The number of nitrogens with two attached hydrogens (primary N) is 1. The summed E-state index contributed by atoms with van der Waals surface area (Å²) in [6, 6.07) is 0. The summed E-state index contributed by atoms with van der Waals surface area (Å²) < 4.78 is 0.